The van der Waals surface area contributed by atoms with Gasteiger partial charge in [0.1, 0.15) is 6.54 Å². The fourth-order valence-corrected chi connectivity index (χ4v) is 4.46. The first-order valence-corrected chi connectivity index (χ1v) is 10.3. The molecule has 0 aliphatic carbocycles. The lowest BCUT2D eigenvalue weighted by molar-refractivity contribution is -0.137. The van der Waals surface area contributed by atoms with Crippen molar-refractivity contribution in [2.45, 2.75) is 20.4 Å². The monoisotopic (exact) mass is 419 g/mol. The molecule has 3 aromatic rings. The molecule has 2 heterocycles. The van der Waals surface area contributed by atoms with Gasteiger partial charge < -0.3 is 9.67 Å². The molecule has 0 radical (unpaired) electrons. The van der Waals surface area contributed by atoms with Crippen LogP contribution in [0.2, 0.25) is 0 Å². The number of hydrogen-bond acceptors (Lipinski definition) is 4. The number of thioether (sulfide) groups is 1. The van der Waals surface area contributed by atoms with Gasteiger partial charge >= 0.3 is 5.97 Å². The highest BCUT2D eigenvalue weighted by Crippen LogP contribution is 2.36. The Hall–Kier alpha value is -3.32. The number of nitrogens with zero attached hydrogens (tertiary/aromatic N) is 3. The lowest BCUT2D eigenvalue weighted by Gasteiger charge is -2.07. The number of carbonyl (C=O) groups excluding carboxylic acids is 1. The minimum Gasteiger partial charge on any atom is -0.480 e. The number of aliphatic carboxylic acids is 1. The standard InChI is InChI=1S/C23H21N3O3S/c1-14-8-10-16(11-9-14)24-23-25(3)22(29)20(30-23)12-18-15(2)26(13-21(27)28)19-7-5-4-6-17(18)19/h4-12H,13H2,1-3H3,(H,27,28)/b20-12-,24-23?. The van der Waals surface area contributed by atoms with E-state index in [2.05, 4.69) is 4.99 Å². The van der Waals surface area contributed by atoms with E-state index < -0.39 is 5.97 Å². The fourth-order valence-electron chi connectivity index (χ4n) is 3.49. The first-order chi connectivity index (χ1) is 14.3. The Morgan fingerprint density at radius 1 is 1.13 bits per heavy atom. The number of carboxylic acid groups (broad SMARTS) is 1. The molecule has 4 rings (SSSR count). The van der Waals surface area contributed by atoms with Crippen molar-refractivity contribution < 1.29 is 14.7 Å². The summed E-state index contributed by atoms with van der Waals surface area (Å²) in [6.45, 7) is 3.77. The summed E-state index contributed by atoms with van der Waals surface area (Å²) < 4.78 is 1.76. The van der Waals surface area contributed by atoms with E-state index in [-0.39, 0.29) is 12.5 Å². The predicted octanol–water partition coefficient (Wildman–Crippen LogP) is 4.58. The molecule has 0 spiro atoms. The van der Waals surface area contributed by atoms with E-state index in [0.717, 1.165) is 33.4 Å². The third kappa shape index (κ3) is 3.64. The summed E-state index contributed by atoms with van der Waals surface area (Å²) in [5, 5.41) is 10.8. The van der Waals surface area contributed by atoms with Crippen molar-refractivity contribution in [1.29, 1.82) is 0 Å². The van der Waals surface area contributed by atoms with Crippen molar-refractivity contribution in [3.05, 3.63) is 70.3 Å². The lowest BCUT2D eigenvalue weighted by Crippen LogP contribution is -2.23. The third-order valence-electron chi connectivity index (χ3n) is 5.11. The molecule has 1 aliphatic rings. The Labute approximate surface area is 178 Å². The van der Waals surface area contributed by atoms with Crippen LogP contribution in [0.25, 0.3) is 17.0 Å². The summed E-state index contributed by atoms with van der Waals surface area (Å²) in [6.07, 6.45) is 1.84. The summed E-state index contributed by atoms with van der Waals surface area (Å²) in [4.78, 5) is 30.9. The second-order valence-corrected chi connectivity index (χ2v) is 8.21. The molecular weight excluding hydrogens is 398 g/mol. The van der Waals surface area contributed by atoms with Gasteiger partial charge in [-0.25, -0.2) is 4.99 Å². The summed E-state index contributed by atoms with van der Waals surface area (Å²) in [6, 6.07) is 15.5. The molecule has 6 nitrogen and oxygen atoms in total. The molecule has 0 unspecified atom stereocenters. The van der Waals surface area contributed by atoms with Gasteiger partial charge in [-0.05, 0) is 49.9 Å². The number of rotatable bonds is 4. The van der Waals surface area contributed by atoms with Gasteiger partial charge in [0.2, 0.25) is 0 Å². The van der Waals surface area contributed by atoms with Crippen molar-refractivity contribution in [1.82, 2.24) is 9.47 Å². The number of amides is 1. The minimum atomic E-state index is -0.906. The topological polar surface area (TPSA) is 74.9 Å². The van der Waals surface area contributed by atoms with Gasteiger partial charge in [-0.15, -0.1) is 0 Å². The average Bonchev–Trinajstić information content (AvgIpc) is 3.13. The molecule has 152 valence electrons. The molecule has 1 saturated heterocycles. The summed E-state index contributed by atoms with van der Waals surface area (Å²) in [5.74, 6) is -1.03. The van der Waals surface area contributed by atoms with Crippen molar-refractivity contribution in [2.24, 2.45) is 4.99 Å². The first kappa shape index (κ1) is 20.0. The number of fused-ring (bicyclic) bond motifs is 1. The Morgan fingerprint density at radius 3 is 2.53 bits per heavy atom. The Balaban J connectivity index is 1.76. The van der Waals surface area contributed by atoms with E-state index in [4.69, 9.17) is 0 Å². The van der Waals surface area contributed by atoms with E-state index in [1.54, 1.807) is 16.5 Å². The van der Waals surface area contributed by atoms with E-state index in [1.165, 1.54) is 11.8 Å². The van der Waals surface area contributed by atoms with Crippen LogP contribution in [-0.2, 0) is 16.1 Å². The van der Waals surface area contributed by atoms with Crippen molar-refractivity contribution in [2.75, 3.05) is 7.05 Å². The molecule has 1 N–H and O–H groups in total. The minimum absolute atomic E-state index is 0.125. The van der Waals surface area contributed by atoms with E-state index in [0.29, 0.717) is 10.1 Å². The number of carboxylic acids is 1. The van der Waals surface area contributed by atoms with Gasteiger partial charge in [0.05, 0.1) is 10.6 Å². The molecule has 0 atom stereocenters. The SMILES string of the molecule is Cc1ccc(N=C2S/C(=C\c3c(C)n(CC(=O)O)c4ccccc34)C(=O)N2C)cc1. The highest BCUT2D eigenvalue weighted by Gasteiger charge is 2.31. The predicted molar refractivity (Wildman–Crippen MR) is 121 cm³/mol. The van der Waals surface area contributed by atoms with Gasteiger partial charge in [0.15, 0.2) is 5.17 Å². The number of benzene rings is 2. The number of amidine groups is 1. The number of aliphatic imine (C=N–C) groups is 1. The maximum absolute atomic E-state index is 12.9. The van der Waals surface area contributed by atoms with E-state index in [9.17, 15) is 14.7 Å². The number of carbonyl (C=O) groups is 2. The van der Waals surface area contributed by atoms with Crippen LogP contribution in [0.4, 0.5) is 5.69 Å². The normalized spacial score (nSPS) is 16.9. The molecule has 30 heavy (non-hydrogen) atoms. The molecule has 0 bridgehead atoms. The second kappa shape index (κ2) is 7.84. The maximum Gasteiger partial charge on any atom is 0.323 e. The first-order valence-electron chi connectivity index (χ1n) is 9.47. The van der Waals surface area contributed by atoms with Gasteiger partial charge in [-0.3, -0.25) is 14.5 Å². The Bertz CT molecular complexity index is 1220. The van der Waals surface area contributed by atoms with Crippen molar-refractivity contribution in [3.63, 3.8) is 0 Å². The van der Waals surface area contributed by atoms with E-state index >= 15 is 0 Å². The van der Waals surface area contributed by atoms with Crippen LogP contribution in [0, 0.1) is 13.8 Å². The Kier molecular flexibility index (Phi) is 5.22. The molecule has 1 aliphatic heterocycles. The quantitative estimate of drug-likeness (QED) is 0.628. The summed E-state index contributed by atoms with van der Waals surface area (Å²) in [5.41, 5.74) is 4.44. The van der Waals surface area contributed by atoms with Crippen molar-refractivity contribution in [3.8, 4) is 0 Å². The summed E-state index contributed by atoms with van der Waals surface area (Å²) >= 11 is 1.32. The molecule has 2 aromatic carbocycles. The van der Waals surface area contributed by atoms with Crippen LogP contribution in [0.1, 0.15) is 16.8 Å². The van der Waals surface area contributed by atoms with Crippen LogP contribution >= 0.6 is 11.8 Å². The highest BCUT2D eigenvalue weighted by molar-refractivity contribution is 8.18. The number of likely N-dealkylation sites (N-methyl/N-ethyl adjacent to an activating group) is 1. The zero-order chi connectivity index (χ0) is 21.4. The summed E-state index contributed by atoms with van der Waals surface area (Å²) in [7, 11) is 1.71. The smallest absolute Gasteiger partial charge is 0.323 e. The van der Waals surface area contributed by atoms with Gasteiger partial charge in [0, 0.05) is 29.2 Å². The van der Waals surface area contributed by atoms with Gasteiger partial charge in [-0.1, -0.05) is 35.9 Å². The van der Waals surface area contributed by atoms with Crippen LogP contribution in [0.5, 0.6) is 0 Å². The average molecular weight is 420 g/mol. The van der Waals surface area contributed by atoms with Crippen LogP contribution in [0.3, 0.4) is 0 Å². The van der Waals surface area contributed by atoms with Gasteiger partial charge in [-0.2, -0.15) is 0 Å². The van der Waals surface area contributed by atoms with Crippen LogP contribution in [0.15, 0.2) is 58.4 Å². The second-order valence-electron chi connectivity index (χ2n) is 7.20. The maximum atomic E-state index is 12.9. The largest absolute Gasteiger partial charge is 0.480 e. The molecule has 0 saturated carbocycles. The van der Waals surface area contributed by atoms with Crippen molar-refractivity contribution >= 4 is 51.5 Å². The Morgan fingerprint density at radius 2 is 1.83 bits per heavy atom. The number of aromatic nitrogens is 1. The van der Waals surface area contributed by atoms with Gasteiger partial charge in [0.25, 0.3) is 5.91 Å². The van der Waals surface area contributed by atoms with Crippen LogP contribution in [-0.4, -0.2) is 38.7 Å². The molecule has 1 fully saturated rings. The molecule has 1 amide bonds. The number of aryl methyl sites for hydroxylation is 1. The third-order valence-corrected chi connectivity index (χ3v) is 6.17. The van der Waals surface area contributed by atoms with E-state index in [1.807, 2.05) is 68.5 Å². The number of para-hydroxylation sites is 1. The highest BCUT2D eigenvalue weighted by atomic mass is 32.2. The molecule has 1 aromatic heterocycles. The zero-order valence-electron chi connectivity index (χ0n) is 16.9. The van der Waals surface area contributed by atoms with Crippen LogP contribution < -0.4 is 0 Å². The lowest BCUT2D eigenvalue weighted by atomic mass is 10.1. The molecule has 7 heteroatoms. The number of hydrogen-bond donors (Lipinski definition) is 1. The molecular formula is C23H21N3O3S. The fraction of sp³-hybridized carbons (Fsp3) is 0.174. The zero-order valence-corrected chi connectivity index (χ0v) is 17.7.